The van der Waals surface area contributed by atoms with Gasteiger partial charge in [0.15, 0.2) is 5.16 Å². The number of nitrogens with zero attached hydrogens (tertiary/aromatic N) is 4. The topological polar surface area (TPSA) is 64.2 Å². The van der Waals surface area contributed by atoms with Crippen molar-refractivity contribution in [3.05, 3.63) is 41.8 Å². The average molecular weight is 372 g/mol. The van der Waals surface area contributed by atoms with Gasteiger partial charge in [0.05, 0.1) is 18.6 Å². The Kier molecular flexibility index (Phi) is 5.15. The summed E-state index contributed by atoms with van der Waals surface area (Å²) in [7, 11) is 0. The summed E-state index contributed by atoms with van der Waals surface area (Å²) in [6.07, 6.45) is 10.5. The van der Waals surface area contributed by atoms with E-state index in [0.717, 1.165) is 41.7 Å². The Morgan fingerprint density at radius 1 is 1.38 bits per heavy atom. The van der Waals surface area contributed by atoms with Crippen molar-refractivity contribution in [1.82, 2.24) is 19.7 Å². The summed E-state index contributed by atoms with van der Waals surface area (Å²) >= 11 is 1.49. The molecule has 2 aliphatic carbocycles. The number of allylic oxidation sites excluding steroid dienone is 2. The zero-order valence-electron chi connectivity index (χ0n) is 15.1. The fraction of sp³-hybridized carbons (Fsp3) is 0.526. The molecule has 0 aromatic carbocycles. The van der Waals surface area contributed by atoms with Crippen molar-refractivity contribution in [2.75, 3.05) is 5.75 Å². The lowest BCUT2D eigenvalue weighted by Crippen LogP contribution is -2.32. The molecule has 26 heavy (non-hydrogen) atoms. The molecule has 1 saturated carbocycles. The van der Waals surface area contributed by atoms with Crippen LogP contribution in [0.4, 0.5) is 0 Å². The summed E-state index contributed by atoms with van der Waals surface area (Å²) in [6.45, 7) is 2.47. The van der Waals surface area contributed by atoms with Crippen LogP contribution in [0.15, 0.2) is 39.7 Å². The van der Waals surface area contributed by atoms with Gasteiger partial charge in [-0.15, -0.1) is 10.2 Å². The van der Waals surface area contributed by atoms with Crippen molar-refractivity contribution in [1.29, 1.82) is 0 Å². The van der Waals surface area contributed by atoms with E-state index in [9.17, 15) is 4.79 Å². The van der Waals surface area contributed by atoms with Gasteiger partial charge in [0.2, 0.25) is 5.91 Å². The predicted octanol–water partition coefficient (Wildman–Crippen LogP) is 4.09. The molecule has 1 fully saturated rings. The number of amides is 1. The van der Waals surface area contributed by atoms with Crippen LogP contribution in [-0.2, 0) is 11.3 Å². The van der Waals surface area contributed by atoms with Crippen LogP contribution in [0.3, 0.4) is 0 Å². The van der Waals surface area contributed by atoms with E-state index in [4.69, 9.17) is 4.42 Å². The highest BCUT2D eigenvalue weighted by atomic mass is 32.2. The SMILES string of the molecule is Cc1nnc(SCC(=O)N(Cc2ccco2)C2=CCCCC2)n1C1CC1. The second-order valence-electron chi connectivity index (χ2n) is 6.92. The Morgan fingerprint density at radius 3 is 2.96 bits per heavy atom. The molecule has 0 aliphatic heterocycles. The molecule has 2 aliphatic rings. The first-order valence-electron chi connectivity index (χ1n) is 9.28. The predicted molar refractivity (Wildman–Crippen MR) is 99.6 cm³/mol. The number of carbonyl (C=O) groups excluding carboxylic acids is 1. The minimum Gasteiger partial charge on any atom is -0.467 e. The maximum Gasteiger partial charge on any atom is 0.237 e. The molecule has 2 aromatic rings. The van der Waals surface area contributed by atoms with Crippen LogP contribution in [0.5, 0.6) is 0 Å². The van der Waals surface area contributed by atoms with Crippen molar-refractivity contribution in [3.8, 4) is 0 Å². The highest BCUT2D eigenvalue weighted by molar-refractivity contribution is 7.99. The number of thioether (sulfide) groups is 1. The van der Waals surface area contributed by atoms with Gasteiger partial charge in [0.25, 0.3) is 0 Å². The number of aromatic nitrogens is 3. The summed E-state index contributed by atoms with van der Waals surface area (Å²) in [5.74, 6) is 2.21. The zero-order chi connectivity index (χ0) is 17.9. The summed E-state index contributed by atoms with van der Waals surface area (Å²) in [4.78, 5) is 14.9. The van der Waals surface area contributed by atoms with Gasteiger partial charge >= 0.3 is 0 Å². The maximum atomic E-state index is 13.0. The molecule has 1 amide bonds. The molecule has 0 unspecified atom stereocenters. The van der Waals surface area contributed by atoms with Gasteiger partial charge in [-0.3, -0.25) is 4.79 Å². The largest absolute Gasteiger partial charge is 0.467 e. The first kappa shape index (κ1) is 17.4. The Bertz CT molecular complexity index is 793. The standard InChI is InChI=1S/C19H24N4O2S/c1-14-20-21-19(23(14)16-9-10-16)26-13-18(24)22(12-17-8-5-11-25-17)15-6-3-2-4-7-15/h5-6,8,11,16H,2-4,7,9-10,12-13H2,1H3. The summed E-state index contributed by atoms with van der Waals surface area (Å²) in [5.41, 5.74) is 1.12. The highest BCUT2D eigenvalue weighted by Gasteiger charge is 2.29. The summed E-state index contributed by atoms with van der Waals surface area (Å²) < 4.78 is 7.65. The molecule has 0 saturated heterocycles. The molecule has 0 N–H and O–H groups in total. The average Bonchev–Trinajstić information content (AvgIpc) is 3.22. The Labute approximate surface area is 157 Å². The molecule has 0 radical (unpaired) electrons. The van der Waals surface area contributed by atoms with Crippen LogP contribution >= 0.6 is 11.8 Å². The molecular formula is C19H24N4O2S. The normalized spacial score (nSPS) is 17.2. The van der Waals surface area contributed by atoms with E-state index >= 15 is 0 Å². The van der Waals surface area contributed by atoms with Crippen molar-refractivity contribution in [2.45, 2.75) is 63.2 Å². The van der Waals surface area contributed by atoms with Gasteiger partial charge in [-0.1, -0.05) is 17.8 Å². The number of aryl methyl sites for hydroxylation is 1. The molecule has 6 nitrogen and oxygen atoms in total. The van der Waals surface area contributed by atoms with E-state index in [1.54, 1.807) is 6.26 Å². The third-order valence-corrected chi connectivity index (χ3v) is 5.81. The van der Waals surface area contributed by atoms with Crippen LogP contribution in [0, 0.1) is 6.92 Å². The fourth-order valence-corrected chi connectivity index (χ4v) is 4.31. The van der Waals surface area contributed by atoms with E-state index in [-0.39, 0.29) is 5.91 Å². The quantitative estimate of drug-likeness (QED) is 0.685. The molecule has 4 rings (SSSR count). The molecule has 0 bridgehead atoms. The van der Waals surface area contributed by atoms with Crippen LogP contribution in [0.1, 0.15) is 56.2 Å². The lowest BCUT2D eigenvalue weighted by molar-refractivity contribution is -0.127. The van der Waals surface area contributed by atoms with Crippen LogP contribution in [0.25, 0.3) is 0 Å². The van der Waals surface area contributed by atoms with Crippen molar-refractivity contribution < 1.29 is 9.21 Å². The van der Waals surface area contributed by atoms with Crippen molar-refractivity contribution in [3.63, 3.8) is 0 Å². The maximum absolute atomic E-state index is 13.0. The molecule has 0 spiro atoms. The zero-order valence-corrected chi connectivity index (χ0v) is 15.9. The van der Waals surface area contributed by atoms with Crippen molar-refractivity contribution in [2.24, 2.45) is 0 Å². The Morgan fingerprint density at radius 2 is 2.27 bits per heavy atom. The molecule has 138 valence electrons. The minimum absolute atomic E-state index is 0.0996. The number of furan rings is 1. The summed E-state index contributed by atoms with van der Waals surface area (Å²) in [5, 5.41) is 9.32. The Balaban J connectivity index is 1.46. The lowest BCUT2D eigenvalue weighted by atomic mass is 10.0. The number of hydrogen-bond donors (Lipinski definition) is 0. The van der Waals surface area contributed by atoms with Gasteiger partial charge in [-0.2, -0.15) is 0 Å². The van der Waals surface area contributed by atoms with Gasteiger partial charge in [0.1, 0.15) is 11.6 Å². The third kappa shape index (κ3) is 3.87. The van der Waals surface area contributed by atoms with Gasteiger partial charge in [0, 0.05) is 11.7 Å². The smallest absolute Gasteiger partial charge is 0.237 e. The van der Waals surface area contributed by atoms with E-state index in [1.807, 2.05) is 24.0 Å². The molecule has 2 aromatic heterocycles. The van der Waals surface area contributed by atoms with Gasteiger partial charge in [-0.05, 0) is 57.6 Å². The second-order valence-corrected chi connectivity index (χ2v) is 7.86. The molecule has 7 heteroatoms. The monoisotopic (exact) mass is 372 g/mol. The van der Waals surface area contributed by atoms with E-state index in [2.05, 4.69) is 20.8 Å². The van der Waals surface area contributed by atoms with Gasteiger partial charge < -0.3 is 13.9 Å². The molecular weight excluding hydrogens is 348 g/mol. The Hall–Kier alpha value is -2.02. The first-order chi connectivity index (χ1) is 12.7. The van der Waals surface area contributed by atoms with Crippen LogP contribution in [0.2, 0.25) is 0 Å². The van der Waals surface area contributed by atoms with Crippen molar-refractivity contribution >= 4 is 17.7 Å². The van der Waals surface area contributed by atoms with Gasteiger partial charge in [-0.25, -0.2) is 0 Å². The van der Waals surface area contributed by atoms with E-state index in [0.29, 0.717) is 18.3 Å². The van der Waals surface area contributed by atoms with E-state index in [1.165, 1.54) is 31.0 Å². The third-order valence-electron chi connectivity index (χ3n) is 4.88. The lowest BCUT2D eigenvalue weighted by Gasteiger charge is -2.27. The number of rotatable bonds is 7. The minimum atomic E-state index is 0.0996. The van der Waals surface area contributed by atoms with Crippen LogP contribution < -0.4 is 0 Å². The van der Waals surface area contributed by atoms with E-state index < -0.39 is 0 Å². The molecule has 0 atom stereocenters. The highest BCUT2D eigenvalue weighted by Crippen LogP contribution is 2.38. The summed E-state index contributed by atoms with van der Waals surface area (Å²) in [6, 6.07) is 4.30. The molecule has 2 heterocycles. The number of carbonyl (C=O) groups is 1. The fourth-order valence-electron chi connectivity index (χ4n) is 3.38. The van der Waals surface area contributed by atoms with Crippen LogP contribution in [-0.4, -0.2) is 31.3 Å². The first-order valence-corrected chi connectivity index (χ1v) is 10.3. The second kappa shape index (κ2) is 7.70. The number of hydrogen-bond acceptors (Lipinski definition) is 5.